The van der Waals surface area contributed by atoms with Crippen LogP contribution in [0.3, 0.4) is 0 Å². The van der Waals surface area contributed by atoms with Crippen molar-refractivity contribution in [1.29, 1.82) is 0 Å². The van der Waals surface area contributed by atoms with Crippen LogP contribution in [-0.2, 0) is 0 Å². The van der Waals surface area contributed by atoms with Crippen molar-refractivity contribution in [1.82, 2.24) is 5.32 Å². The minimum Gasteiger partial charge on any atom is -0.309 e. The lowest BCUT2D eigenvalue weighted by molar-refractivity contribution is 0.548. The number of rotatable bonds is 4. The molecule has 1 saturated heterocycles. The van der Waals surface area contributed by atoms with Crippen LogP contribution in [0, 0.1) is 20.8 Å². The van der Waals surface area contributed by atoms with Crippen molar-refractivity contribution < 1.29 is 0 Å². The molecule has 3 heteroatoms. The minimum absolute atomic E-state index is 0.502. The third-order valence-corrected chi connectivity index (χ3v) is 6.72. The van der Waals surface area contributed by atoms with E-state index in [0.29, 0.717) is 11.3 Å². The molecule has 1 heterocycles. The topological polar surface area (TPSA) is 12.0 Å². The van der Waals surface area contributed by atoms with Crippen molar-refractivity contribution in [2.45, 2.75) is 39.0 Å². The average molecular weight is 296 g/mol. The fourth-order valence-electron chi connectivity index (χ4n) is 2.68. The Morgan fingerprint density at radius 2 is 1.89 bits per heavy atom. The van der Waals surface area contributed by atoms with Crippen molar-refractivity contribution >= 4 is 23.5 Å². The molecule has 0 radical (unpaired) electrons. The third kappa shape index (κ3) is 3.71. The van der Waals surface area contributed by atoms with Crippen LogP contribution in [0.1, 0.15) is 35.2 Å². The molecule has 1 aliphatic rings. The molecule has 0 bridgehead atoms. The number of hydrogen-bond acceptors (Lipinski definition) is 3. The maximum Gasteiger partial charge on any atom is 0.0451 e. The van der Waals surface area contributed by atoms with Gasteiger partial charge in [-0.05, 0) is 49.6 Å². The summed E-state index contributed by atoms with van der Waals surface area (Å²) >= 11 is 4.25. The molecular weight excluding hydrogens is 270 g/mol. The second kappa shape index (κ2) is 7.05. The summed E-state index contributed by atoms with van der Waals surface area (Å²) in [6.45, 7) is 9.94. The van der Waals surface area contributed by atoms with Gasteiger partial charge in [0.2, 0.25) is 0 Å². The van der Waals surface area contributed by atoms with Crippen LogP contribution in [-0.4, -0.2) is 29.1 Å². The lowest BCUT2D eigenvalue weighted by Gasteiger charge is -2.32. The van der Waals surface area contributed by atoms with E-state index in [1.165, 1.54) is 39.5 Å². The fourth-order valence-corrected chi connectivity index (χ4v) is 5.54. The molecule has 0 aliphatic carbocycles. The van der Waals surface area contributed by atoms with E-state index in [-0.39, 0.29) is 0 Å². The van der Waals surface area contributed by atoms with E-state index < -0.39 is 0 Å². The molecule has 1 nitrogen and oxygen atoms in total. The zero-order valence-corrected chi connectivity index (χ0v) is 14.1. The lowest BCUT2D eigenvalue weighted by atomic mass is 9.94. The van der Waals surface area contributed by atoms with Crippen LogP contribution in [0.4, 0.5) is 0 Å². The molecule has 0 spiro atoms. The normalized spacial score (nSPS) is 21.4. The molecule has 1 aliphatic heterocycles. The highest BCUT2D eigenvalue weighted by Gasteiger charge is 2.26. The Bertz CT molecular complexity index is 425. The van der Waals surface area contributed by atoms with Gasteiger partial charge in [-0.15, -0.1) is 0 Å². The molecule has 1 aromatic rings. The van der Waals surface area contributed by atoms with E-state index in [1.54, 1.807) is 0 Å². The van der Waals surface area contributed by atoms with Crippen molar-refractivity contribution in [3.8, 4) is 0 Å². The number of nitrogens with one attached hydrogen (secondary N) is 1. The molecular formula is C16H25NS2. The smallest absolute Gasteiger partial charge is 0.0451 e. The predicted molar refractivity (Wildman–Crippen MR) is 90.6 cm³/mol. The van der Waals surface area contributed by atoms with Crippen molar-refractivity contribution in [2.24, 2.45) is 0 Å². The first kappa shape index (κ1) is 15.3. The zero-order valence-electron chi connectivity index (χ0n) is 12.5. The molecule has 1 fully saturated rings. The first-order chi connectivity index (χ1) is 9.13. The van der Waals surface area contributed by atoms with Crippen LogP contribution in [0.15, 0.2) is 12.1 Å². The highest BCUT2D eigenvalue weighted by atomic mass is 32.2. The maximum atomic E-state index is 3.72. The van der Waals surface area contributed by atoms with Gasteiger partial charge < -0.3 is 5.32 Å². The van der Waals surface area contributed by atoms with Crippen LogP contribution in [0.5, 0.6) is 0 Å². The van der Waals surface area contributed by atoms with Crippen LogP contribution >= 0.6 is 23.5 Å². The molecule has 2 atom stereocenters. The van der Waals surface area contributed by atoms with E-state index in [4.69, 9.17) is 0 Å². The number of hydrogen-bond donors (Lipinski definition) is 1. The van der Waals surface area contributed by atoms with Gasteiger partial charge in [0.15, 0.2) is 0 Å². The summed E-state index contributed by atoms with van der Waals surface area (Å²) < 4.78 is 0. The van der Waals surface area contributed by atoms with E-state index >= 15 is 0 Å². The van der Waals surface area contributed by atoms with Gasteiger partial charge in [0, 0.05) is 28.6 Å². The van der Waals surface area contributed by atoms with Crippen LogP contribution in [0.25, 0.3) is 0 Å². The summed E-state index contributed by atoms with van der Waals surface area (Å²) in [7, 11) is 0. The van der Waals surface area contributed by atoms with E-state index in [9.17, 15) is 0 Å². The Balaban J connectivity index is 2.29. The summed E-state index contributed by atoms with van der Waals surface area (Å²) in [6.07, 6.45) is 0. The van der Waals surface area contributed by atoms with E-state index in [1.807, 2.05) is 0 Å². The number of thioether (sulfide) groups is 2. The molecule has 1 aromatic carbocycles. The molecule has 0 aromatic heterocycles. The van der Waals surface area contributed by atoms with Crippen molar-refractivity contribution in [2.75, 3.05) is 23.8 Å². The standard InChI is InChI=1S/C16H25NS2/c1-5-17-16(15-10-18-6-7-19-15)14-9-12(3)11(2)8-13(14)4/h8-9,15-17H,5-7,10H2,1-4H3. The summed E-state index contributed by atoms with van der Waals surface area (Å²) in [4.78, 5) is 0. The Morgan fingerprint density at radius 3 is 2.53 bits per heavy atom. The van der Waals surface area contributed by atoms with Crippen LogP contribution in [0.2, 0.25) is 0 Å². The maximum absolute atomic E-state index is 3.72. The summed E-state index contributed by atoms with van der Waals surface area (Å²) in [5.41, 5.74) is 5.76. The molecule has 2 rings (SSSR count). The zero-order chi connectivity index (χ0) is 13.8. The van der Waals surface area contributed by atoms with E-state index in [2.05, 4.69) is 68.7 Å². The Hall–Kier alpha value is -0.120. The van der Waals surface area contributed by atoms with E-state index in [0.717, 1.165) is 6.54 Å². The predicted octanol–water partition coefficient (Wildman–Crippen LogP) is 4.11. The molecule has 1 N–H and O–H groups in total. The fraction of sp³-hybridized carbons (Fsp3) is 0.625. The second-order valence-corrected chi connectivity index (χ2v) is 7.81. The first-order valence-corrected chi connectivity index (χ1v) is 9.34. The van der Waals surface area contributed by atoms with Crippen LogP contribution < -0.4 is 5.32 Å². The highest BCUT2D eigenvalue weighted by molar-refractivity contribution is 8.06. The SMILES string of the molecule is CCNC(c1cc(C)c(C)cc1C)C1CSCCS1. The number of aryl methyl sites for hydroxylation is 3. The van der Waals surface area contributed by atoms with Gasteiger partial charge in [-0.25, -0.2) is 0 Å². The van der Waals surface area contributed by atoms with Gasteiger partial charge in [0.05, 0.1) is 0 Å². The van der Waals surface area contributed by atoms with Gasteiger partial charge in [0.25, 0.3) is 0 Å². The third-order valence-electron chi connectivity index (χ3n) is 3.85. The first-order valence-electron chi connectivity index (χ1n) is 7.14. The Kier molecular flexibility index (Phi) is 5.67. The quantitative estimate of drug-likeness (QED) is 0.898. The minimum atomic E-state index is 0.502. The largest absolute Gasteiger partial charge is 0.309 e. The number of benzene rings is 1. The summed E-state index contributed by atoms with van der Waals surface area (Å²) in [6, 6.07) is 5.25. The molecule has 106 valence electrons. The molecule has 2 unspecified atom stereocenters. The molecule has 19 heavy (non-hydrogen) atoms. The van der Waals surface area contributed by atoms with Gasteiger partial charge in [0.1, 0.15) is 0 Å². The second-order valence-electron chi connectivity index (χ2n) is 5.31. The summed E-state index contributed by atoms with van der Waals surface area (Å²) in [5, 5.41) is 4.43. The Morgan fingerprint density at radius 1 is 1.16 bits per heavy atom. The molecule has 0 amide bonds. The van der Waals surface area contributed by atoms with Gasteiger partial charge >= 0.3 is 0 Å². The van der Waals surface area contributed by atoms with Gasteiger partial charge in [-0.3, -0.25) is 0 Å². The Labute approximate surface area is 126 Å². The monoisotopic (exact) mass is 295 g/mol. The molecule has 0 saturated carbocycles. The van der Waals surface area contributed by atoms with Crippen molar-refractivity contribution in [3.63, 3.8) is 0 Å². The van der Waals surface area contributed by atoms with Crippen molar-refractivity contribution in [3.05, 3.63) is 34.4 Å². The lowest BCUT2D eigenvalue weighted by Crippen LogP contribution is -2.34. The average Bonchev–Trinajstić information content (AvgIpc) is 2.42. The van der Waals surface area contributed by atoms with Gasteiger partial charge in [-0.1, -0.05) is 19.1 Å². The summed E-state index contributed by atoms with van der Waals surface area (Å²) in [5.74, 6) is 3.88. The van der Waals surface area contributed by atoms with Gasteiger partial charge in [-0.2, -0.15) is 23.5 Å². The highest BCUT2D eigenvalue weighted by Crippen LogP contribution is 2.35.